The van der Waals surface area contributed by atoms with Crippen molar-refractivity contribution in [2.75, 3.05) is 17.2 Å². The van der Waals surface area contributed by atoms with Crippen LogP contribution < -0.4 is 20.7 Å². The van der Waals surface area contributed by atoms with Crippen LogP contribution >= 0.6 is 23.2 Å². The third-order valence-electron chi connectivity index (χ3n) is 5.74. The summed E-state index contributed by atoms with van der Waals surface area (Å²) in [5.41, 5.74) is -1.12. The van der Waals surface area contributed by atoms with Gasteiger partial charge in [-0.25, -0.2) is 13.6 Å². The van der Waals surface area contributed by atoms with Gasteiger partial charge in [0.1, 0.15) is 11.2 Å². The Kier molecular flexibility index (Phi) is 9.92. The Bertz CT molecular complexity index is 1710. The number of ether oxygens (including phenoxy) is 2. The minimum absolute atomic E-state index is 0.00349. The van der Waals surface area contributed by atoms with Gasteiger partial charge in [-0.05, 0) is 62.7 Å². The highest BCUT2D eigenvalue weighted by molar-refractivity contribution is 6.39. The first kappa shape index (κ1) is 33.5. The van der Waals surface area contributed by atoms with Crippen LogP contribution in [-0.2, 0) is 17.5 Å². The molecule has 45 heavy (non-hydrogen) atoms. The Morgan fingerprint density at radius 3 is 2.33 bits per heavy atom. The van der Waals surface area contributed by atoms with Crippen LogP contribution in [0.15, 0.2) is 42.5 Å². The highest BCUT2D eigenvalue weighted by Crippen LogP contribution is 2.36. The van der Waals surface area contributed by atoms with Crippen molar-refractivity contribution < 1.29 is 41.0 Å². The number of aromatic nitrogens is 3. The number of anilines is 3. The SMILES string of the molecule is CC(C)(C)OC(=O)NCc1ccc(Cl)c(Nc2nc3nc(OCC(F)F)c(C(=O)Nc4ccc(C(F)(F)F)cc4)cc3[nH]2)c1Cl. The first-order chi connectivity index (χ1) is 21.0. The number of rotatable bonds is 9. The number of aromatic amines is 1. The number of alkyl halides is 5. The van der Waals surface area contributed by atoms with E-state index in [4.69, 9.17) is 32.7 Å². The summed E-state index contributed by atoms with van der Waals surface area (Å²) >= 11 is 12.9. The van der Waals surface area contributed by atoms with Crippen LogP contribution in [0.2, 0.25) is 10.0 Å². The van der Waals surface area contributed by atoms with Gasteiger partial charge in [-0.15, -0.1) is 0 Å². The minimum atomic E-state index is -4.58. The quantitative estimate of drug-likeness (QED) is 0.133. The molecule has 0 radical (unpaired) electrons. The summed E-state index contributed by atoms with van der Waals surface area (Å²) < 4.78 is 74.8. The normalized spacial score (nSPS) is 11.9. The van der Waals surface area contributed by atoms with Gasteiger partial charge in [0.05, 0.1) is 26.8 Å². The maximum absolute atomic E-state index is 13.1. The summed E-state index contributed by atoms with van der Waals surface area (Å²) in [5.74, 6) is -1.34. The molecule has 0 aliphatic rings. The van der Waals surface area contributed by atoms with Crippen molar-refractivity contribution in [1.29, 1.82) is 0 Å². The molecule has 0 bridgehead atoms. The number of H-pyrrole nitrogens is 1. The molecule has 0 aliphatic carbocycles. The molecule has 0 saturated carbocycles. The van der Waals surface area contributed by atoms with Crippen molar-refractivity contribution in [1.82, 2.24) is 20.3 Å². The number of alkyl carbamates (subject to hydrolysis) is 1. The second-order valence-corrected chi connectivity index (χ2v) is 11.2. The predicted octanol–water partition coefficient (Wildman–Crippen LogP) is 7.95. The van der Waals surface area contributed by atoms with Gasteiger partial charge in [-0.1, -0.05) is 29.3 Å². The molecule has 17 heteroatoms. The Labute approximate surface area is 262 Å². The van der Waals surface area contributed by atoms with E-state index in [0.717, 1.165) is 24.3 Å². The number of nitrogens with zero attached hydrogens (tertiary/aromatic N) is 2. The van der Waals surface area contributed by atoms with Gasteiger partial charge in [0.25, 0.3) is 12.3 Å². The van der Waals surface area contributed by atoms with E-state index in [1.807, 2.05) is 0 Å². The molecule has 2 aromatic carbocycles. The molecular weight excluding hydrogens is 650 g/mol. The largest absolute Gasteiger partial charge is 0.471 e. The van der Waals surface area contributed by atoms with Gasteiger partial charge in [-0.2, -0.15) is 23.1 Å². The molecule has 0 aliphatic heterocycles. The van der Waals surface area contributed by atoms with Crippen molar-refractivity contribution in [3.8, 4) is 5.88 Å². The molecule has 4 aromatic rings. The van der Waals surface area contributed by atoms with Gasteiger partial charge in [0.2, 0.25) is 11.8 Å². The van der Waals surface area contributed by atoms with Crippen LogP contribution in [0.5, 0.6) is 5.88 Å². The first-order valence-electron chi connectivity index (χ1n) is 13.0. The summed E-state index contributed by atoms with van der Waals surface area (Å²) in [6, 6.07) is 7.98. The van der Waals surface area contributed by atoms with E-state index >= 15 is 0 Å². The molecule has 0 atom stereocenters. The highest BCUT2D eigenvalue weighted by Gasteiger charge is 2.30. The van der Waals surface area contributed by atoms with Gasteiger partial charge in [-0.3, -0.25) is 4.79 Å². The number of pyridine rings is 1. The van der Waals surface area contributed by atoms with E-state index in [0.29, 0.717) is 5.56 Å². The summed E-state index contributed by atoms with van der Waals surface area (Å²) in [4.78, 5) is 36.3. The number of fused-ring (bicyclic) bond motifs is 1. The third kappa shape index (κ3) is 8.85. The van der Waals surface area contributed by atoms with Gasteiger partial charge >= 0.3 is 12.3 Å². The number of benzene rings is 2. The van der Waals surface area contributed by atoms with Crippen LogP contribution in [-0.4, -0.2) is 45.6 Å². The number of carbonyl (C=O) groups excluding carboxylic acids is 2. The summed E-state index contributed by atoms with van der Waals surface area (Å²) in [5, 5.41) is 8.22. The maximum Gasteiger partial charge on any atom is 0.416 e. The lowest BCUT2D eigenvalue weighted by Gasteiger charge is -2.20. The molecule has 0 saturated heterocycles. The topological polar surface area (TPSA) is 130 Å². The van der Waals surface area contributed by atoms with Crippen molar-refractivity contribution in [3.05, 3.63) is 69.2 Å². The van der Waals surface area contributed by atoms with Gasteiger partial charge in [0.15, 0.2) is 12.3 Å². The highest BCUT2D eigenvalue weighted by atomic mass is 35.5. The van der Waals surface area contributed by atoms with Gasteiger partial charge in [0, 0.05) is 12.2 Å². The molecule has 2 aromatic heterocycles. The fraction of sp³-hybridized carbons (Fsp3) is 0.286. The van der Waals surface area contributed by atoms with E-state index in [1.165, 1.54) is 12.1 Å². The Balaban J connectivity index is 1.60. The molecule has 10 nitrogen and oxygen atoms in total. The van der Waals surface area contributed by atoms with Crippen LogP contribution in [0.25, 0.3) is 11.2 Å². The summed E-state index contributed by atoms with van der Waals surface area (Å²) in [6.07, 6.45) is -8.13. The predicted molar refractivity (Wildman–Crippen MR) is 158 cm³/mol. The average molecular weight is 675 g/mol. The second-order valence-electron chi connectivity index (χ2n) is 10.4. The summed E-state index contributed by atoms with van der Waals surface area (Å²) in [7, 11) is 0. The van der Waals surface area contributed by atoms with Crippen LogP contribution in [0.4, 0.5) is 44.1 Å². The molecular formula is C28H25Cl2F5N6O4. The van der Waals surface area contributed by atoms with Crippen LogP contribution in [0.3, 0.4) is 0 Å². The fourth-order valence-electron chi connectivity index (χ4n) is 3.79. The van der Waals surface area contributed by atoms with Crippen molar-refractivity contribution in [2.24, 2.45) is 0 Å². The molecule has 0 spiro atoms. The Morgan fingerprint density at radius 2 is 1.71 bits per heavy atom. The molecule has 0 fully saturated rings. The van der Waals surface area contributed by atoms with Gasteiger partial charge < -0.3 is 30.4 Å². The van der Waals surface area contributed by atoms with E-state index in [1.54, 1.807) is 26.8 Å². The number of nitrogens with one attached hydrogen (secondary N) is 4. The zero-order valence-electron chi connectivity index (χ0n) is 23.7. The van der Waals surface area contributed by atoms with E-state index in [-0.39, 0.29) is 50.6 Å². The molecule has 2 amide bonds. The summed E-state index contributed by atoms with van der Waals surface area (Å²) in [6.45, 7) is 4.06. The number of hydrogen-bond acceptors (Lipinski definition) is 7. The Morgan fingerprint density at radius 1 is 1.02 bits per heavy atom. The number of halogens is 7. The number of imidazole rings is 1. The maximum atomic E-state index is 13.1. The standard InChI is InChI=1S/C28H25Cl2F5N6O4/c1-27(2,3)45-26(43)36-11-13-4-9-17(29)21(20(13)30)39-25-38-18-10-16(24(40-22(18)41-25)44-12-19(31)32)23(42)37-15-7-5-14(6-8-15)28(33,34)35/h4-10,19H,11-12H2,1-3H3,(H,36,43)(H,37,42)(H2,38,39,40,41). The zero-order valence-corrected chi connectivity index (χ0v) is 25.2. The second kappa shape index (κ2) is 13.3. The zero-order chi connectivity index (χ0) is 33.1. The number of carbonyl (C=O) groups is 2. The van der Waals surface area contributed by atoms with Crippen molar-refractivity contribution in [2.45, 2.75) is 45.5 Å². The van der Waals surface area contributed by atoms with E-state index < -0.39 is 48.3 Å². The number of hydrogen-bond donors (Lipinski definition) is 4. The molecule has 4 rings (SSSR count). The first-order valence-corrected chi connectivity index (χ1v) is 13.8. The lowest BCUT2D eigenvalue weighted by Crippen LogP contribution is -2.32. The molecule has 0 unspecified atom stereocenters. The van der Waals surface area contributed by atoms with Crippen LogP contribution in [0.1, 0.15) is 42.3 Å². The monoisotopic (exact) mass is 674 g/mol. The number of amides is 2. The van der Waals surface area contributed by atoms with E-state index in [2.05, 4.69) is 30.9 Å². The average Bonchev–Trinajstić information content (AvgIpc) is 3.33. The minimum Gasteiger partial charge on any atom is -0.471 e. The van der Waals surface area contributed by atoms with Crippen molar-refractivity contribution >= 4 is 63.7 Å². The lowest BCUT2D eigenvalue weighted by molar-refractivity contribution is -0.137. The van der Waals surface area contributed by atoms with Crippen molar-refractivity contribution in [3.63, 3.8) is 0 Å². The third-order valence-corrected chi connectivity index (χ3v) is 6.48. The molecule has 2 heterocycles. The Hall–Kier alpha value is -4.37. The fourth-order valence-corrected chi connectivity index (χ4v) is 4.32. The molecule has 240 valence electrons. The smallest absolute Gasteiger partial charge is 0.416 e. The van der Waals surface area contributed by atoms with E-state index in [9.17, 15) is 31.5 Å². The lowest BCUT2D eigenvalue weighted by atomic mass is 10.2. The molecule has 4 N–H and O–H groups in total. The van der Waals surface area contributed by atoms with Crippen LogP contribution in [0, 0.1) is 0 Å².